The van der Waals surface area contributed by atoms with Gasteiger partial charge in [0.05, 0.1) is 16.5 Å². The molecule has 100 valence electrons. The second-order valence-corrected chi connectivity index (χ2v) is 5.14. The molecule has 1 unspecified atom stereocenters. The van der Waals surface area contributed by atoms with Crippen LogP contribution in [0.25, 0.3) is 0 Å². The minimum absolute atomic E-state index is 0.0754. The van der Waals surface area contributed by atoms with Crippen molar-refractivity contribution in [1.29, 1.82) is 0 Å². The van der Waals surface area contributed by atoms with Crippen LogP contribution in [0.4, 0.5) is 5.69 Å². The number of rotatable bonds is 4. The predicted octanol–water partition coefficient (Wildman–Crippen LogP) is 2.74. The van der Waals surface area contributed by atoms with Crippen LogP contribution in [-0.4, -0.2) is 16.9 Å². The average molecular weight is 325 g/mol. The molecule has 0 aliphatic carbocycles. The van der Waals surface area contributed by atoms with Crippen molar-refractivity contribution in [3.05, 3.63) is 38.3 Å². The van der Waals surface area contributed by atoms with Crippen LogP contribution in [0.1, 0.15) is 24.2 Å². The van der Waals surface area contributed by atoms with Crippen molar-refractivity contribution in [1.82, 2.24) is 5.32 Å². The van der Waals surface area contributed by atoms with Crippen molar-refractivity contribution in [3.8, 4) is 12.3 Å². The van der Waals surface area contributed by atoms with E-state index in [2.05, 4.69) is 27.2 Å². The van der Waals surface area contributed by atoms with Gasteiger partial charge < -0.3 is 5.32 Å². The van der Waals surface area contributed by atoms with Gasteiger partial charge in [-0.15, -0.1) is 6.42 Å². The van der Waals surface area contributed by atoms with Crippen LogP contribution in [0.5, 0.6) is 0 Å². The van der Waals surface area contributed by atoms with Gasteiger partial charge in [0.25, 0.3) is 11.6 Å². The van der Waals surface area contributed by atoms with Crippen LogP contribution in [0, 0.1) is 28.4 Å². The zero-order valence-corrected chi connectivity index (χ0v) is 12.1. The summed E-state index contributed by atoms with van der Waals surface area (Å²) in [6.45, 7) is 3.76. The zero-order chi connectivity index (χ0) is 14.6. The Balaban J connectivity index is 3.03. The average Bonchev–Trinajstić information content (AvgIpc) is 2.35. The largest absolute Gasteiger partial charge is 0.338 e. The topological polar surface area (TPSA) is 72.2 Å². The monoisotopic (exact) mass is 324 g/mol. The highest BCUT2D eigenvalue weighted by Crippen LogP contribution is 2.22. The Bertz CT molecular complexity index is 549. The molecule has 0 spiro atoms. The molecule has 1 aromatic rings. The maximum absolute atomic E-state index is 12.1. The minimum atomic E-state index is -0.551. The third-order valence-electron chi connectivity index (χ3n) is 2.54. The summed E-state index contributed by atoms with van der Waals surface area (Å²) in [4.78, 5) is 22.2. The Labute approximate surface area is 119 Å². The molecular formula is C13H13BrN2O3. The number of nitrogens with one attached hydrogen (secondary N) is 1. The molecule has 1 aromatic carbocycles. The van der Waals surface area contributed by atoms with Gasteiger partial charge in [-0.2, -0.15) is 0 Å². The van der Waals surface area contributed by atoms with Gasteiger partial charge in [-0.3, -0.25) is 14.9 Å². The molecule has 0 fully saturated rings. The molecule has 1 N–H and O–H groups in total. The van der Waals surface area contributed by atoms with E-state index in [9.17, 15) is 14.9 Å². The standard InChI is InChI=1S/C13H13BrN2O3/c1-4-12(8(2)3)15-13(17)10-7-9(16(18)19)5-6-11(10)14/h1,5-8,12H,2-3H3,(H,15,17). The highest BCUT2D eigenvalue weighted by Gasteiger charge is 2.19. The van der Waals surface area contributed by atoms with Crippen molar-refractivity contribution in [2.75, 3.05) is 0 Å². The number of terminal acetylenes is 1. The number of carbonyl (C=O) groups is 1. The number of carbonyl (C=O) groups excluding carboxylic acids is 1. The molecule has 0 aliphatic rings. The Kier molecular flexibility index (Phi) is 5.07. The van der Waals surface area contributed by atoms with Crippen LogP contribution in [0.3, 0.4) is 0 Å². The summed E-state index contributed by atoms with van der Waals surface area (Å²) in [6, 6.07) is 3.58. The van der Waals surface area contributed by atoms with Gasteiger partial charge in [0.15, 0.2) is 0 Å². The van der Waals surface area contributed by atoms with E-state index < -0.39 is 16.9 Å². The second-order valence-electron chi connectivity index (χ2n) is 4.28. The van der Waals surface area contributed by atoms with Crippen molar-refractivity contribution in [2.45, 2.75) is 19.9 Å². The van der Waals surface area contributed by atoms with Crippen molar-refractivity contribution in [2.24, 2.45) is 5.92 Å². The van der Waals surface area contributed by atoms with E-state index in [1.54, 1.807) is 0 Å². The van der Waals surface area contributed by atoms with Crippen LogP contribution in [0.2, 0.25) is 0 Å². The number of nitrogens with zero attached hydrogens (tertiary/aromatic N) is 1. The Morgan fingerprint density at radius 1 is 1.53 bits per heavy atom. The molecule has 1 atom stereocenters. The van der Waals surface area contributed by atoms with Crippen molar-refractivity contribution >= 4 is 27.5 Å². The quantitative estimate of drug-likeness (QED) is 0.526. The lowest BCUT2D eigenvalue weighted by Gasteiger charge is -2.16. The Hall–Kier alpha value is -1.87. The molecule has 1 amide bonds. The normalized spacial score (nSPS) is 11.7. The van der Waals surface area contributed by atoms with E-state index in [1.807, 2.05) is 13.8 Å². The van der Waals surface area contributed by atoms with Crippen molar-refractivity contribution in [3.63, 3.8) is 0 Å². The fraction of sp³-hybridized carbons (Fsp3) is 0.308. The van der Waals surface area contributed by atoms with Gasteiger partial charge in [0, 0.05) is 16.6 Å². The van der Waals surface area contributed by atoms with Gasteiger partial charge >= 0.3 is 0 Å². The number of hydrogen-bond donors (Lipinski definition) is 1. The number of hydrogen-bond acceptors (Lipinski definition) is 3. The SMILES string of the molecule is C#CC(NC(=O)c1cc([N+](=O)[O-])ccc1Br)C(C)C. The number of nitro benzene ring substituents is 1. The maximum Gasteiger partial charge on any atom is 0.270 e. The molecule has 6 heteroatoms. The summed E-state index contributed by atoms with van der Waals surface area (Å²) in [5, 5.41) is 13.4. The lowest BCUT2D eigenvalue weighted by atomic mass is 10.0. The molecule has 19 heavy (non-hydrogen) atoms. The van der Waals surface area contributed by atoms with E-state index >= 15 is 0 Å². The molecule has 5 nitrogen and oxygen atoms in total. The molecule has 0 saturated carbocycles. The maximum atomic E-state index is 12.1. The van der Waals surface area contributed by atoms with Gasteiger partial charge in [-0.05, 0) is 27.9 Å². The van der Waals surface area contributed by atoms with E-state index in [4.69, 9.17) is 6.42 Å². The summed E-state index contributed by atoms with van der Waals surface area (Å²) < 4.78 is 0.482. The Morgan fingerprint density at radius 3 is 2.63 bits per heavy atom. The smallest absolute Gasteiger partial charge is 0.270 e. The molecule has 1 rings (SSSR count). The number of non-ortho nitro benzene ring substituents is 1. The summed E-state index contributed by atoms with van der Waals surface area (Å²) in [7, 11) is 0. The third-order valence-corrected chi connectivity index (χ3v) is 3.23. The summed E-state index contributed by atoms with van der Waals surface area (Å²) in [5.74, 6) is 2.12. The van der Waals surface area contributed by atoms with Gasteiger partial charge in [-0.1, -0.05) is 19.8 Å². The second kappa shape index (κ2) is 6.34. The van der Waals surface area contributed by atoms with Crippen LogP contribution < -0.4 is 5.32 Å². The fourth-order valence-corrected chi connectivity index (χ4v) is 1.85. The fourth-order valence-electron chi connectivity index (χ4n) is 1.42. The molecule has 0 heterocycles. The lowest BCUT2D eigenvalue weighted by Crippen LogP contribution is -2.37. The molecule has 0 radical (unpaired) electrons. The summed E-state index contributed by atoms with van der Waals surface area (Å²) in [5.41, 5.74) is 0.0465. The van der Waals surface area contributed by atoms with Crippen molar-refractivity contribution < 1.29 is 9.72 Å². The molecule has 0 aromatic heterocycles. The van der Waals surface area contributed by atoms with Crippen LogP contribution in [0.15, 0.2) is 22.7 Å². The highest BCUT2D eigenvalue weighted by atomic mass is 79.9. The van der Waals surface area contributed by atoms with E-state index in [-0.39, 0.29) is 17.2 Å². The lowest BCUT2D eigenvalue weighted by molar-refractivity contribution is -0.384. The number of amides is 1. The van der Waals surface area contributed by atoms with Gasteiger partial charge in [0.2, 0.25) is 0 Å². The third kappa shape index (κ3) is 3.80. The Morgan fingerprint density at radius 2 is 2.16 bits per heavy atom. The van der Waals surface area contributed by atoms with Gasteiger partial charge in [-0.25, -0.2) is 0 Å². The highest BCUT2D eigenvalue weighted by molar-refractivity contribution is 9.10. The number of halogens is 1. The first-order valence-electron chi connectivity index (χ1n) is 5.57. The van der Waals surface area contributed by atoms with E-state index in [0.717, 1.165) is 0 Å². The van der Waals surface area contributed by atoms with Crippen LogP contribution in [-0.2, 0) is 0 Å². The van der Waals surface area contributed by atoms with Gasteiger partial charge in [0.1, 0.15) is 0 Å². The van der Waals surface area contributed by atoms with E-state index in [1.165, 1.54) is 18.2 Å². The minimum Gasteiger partial charge on any atom is -0.338 e. The van der Waals surface area contributed by atoms with Crippen LogP contribution >= 0.6 is 15.9 Å². The number of benzene rings is 1. The number of nitro groups is 1. The zero-order valence-electron chi connectivity index (χ0n) is 10.5. The molecule has 0 bridgehead atoms. The van der Waals surface area contributed by atoms with E-state index in [0.29, 0.717) is 4.47 Å². The first kappa shape index (κ1) is 15.2. The molecule has 0 aliphatic heterocycles. The predicted molar refractivity (Wildman–Crippen MR) is 75.7 cm³/mol. The summed E-state index contributed by atoms with van der Waals surface area (Å²) in [6.07, 6.45) is 5.33. The first-order chi connectivity index (χ1) is 8.86. The first-order valence-corrected chi connectivity index (χ1v) is 6.37. The molecule has 0 saturated heterocycles. The molecular weight excluding hydrogens is 312 g/mol. The summed E-state index contributed by atoms with van der Waals surface area (Å²) >= 11 is 3.19.